The number of esters is 2. The van der Waals surface area contributed by atoms with Crippen molar-refractivity contribution in [2.75, 3.05) is 13.2 Å². The highest BCUT2D eigenvalue weighted by molar-refractivity contribution is 7.46. The summed E-state index contributed by atoms with van der Waals surface area (Å²) in [7, 11) is -4.76. The van der Waals surface area contributed by atoms with Gasteiger partial charge in [-0.2, -0.15) is 0 Å². The van der Waals surface area contributed by atoms with Crippen LogP contribution < -0.4 is 0 Å². The van der Waals surface area contributed by atoms with Crippen LogP contribution in [-0.2, 0) is 28.2 Å². The summed E-state index contributed by atoms with van der Waals surface area (Å²) >= 11 is 0. The Balaban J connectivity index is 4.07. The molecular weight excluding hydrogens is 615 g/mol. The molecule has 0 spiro atoms. The first-order valence-electron chi connectivity index (χ1n) is 18.1. The van der Waals surface area contributed by atoms with Crippen LogP contribution in [0.3, 0.4) is 0 Å². The normalized spacial score (nSPS) is 13.2. The maximum atomic E-state index is 12.3. The highest BCUT2D eigenvalue weighted by Crippen LogP contribution is 2.35. The fraction of sp³-hybridized carbons (Fsp3) is 0.684. The van der Waals surface area contributed by atoms with Crippen molar-refractivity contribution in [2.24, 2.45) is 0 Å². The van der Waals surface area contributed by atoms with Gasteiger partial charge in [0.25, 0.3) is 0 Å². The predicted molar refractivity (Wildman–Crippen MR) is 193 cm³/mol. The van der Waals surface area contributed by atoms with Gasteiger partial charge in [0.15, 0.2) is 6.10 Å². The van der Waals surface area contributed by atoms with Crippen LogP contribution in [0.5, 0.6) is 0 Å². The van der Waals surface area contributed by atoms with Crippen LogP contribution in [0.25, 0.3) is 0 Å². The minimum Gasteiger partial charge on any atom is -0.462 e. The molecule has 9 heteroatoms. The molecule has 0 bridgehead atoms. The van der Waals surface area contributed by atoms with E-state index in [1.165, 1.54) is 44.9 Å². The smallest absolute Gasteiger partial charge is 0.462 e. The summed E-state index contributed by atoms with van der Waals surface area (Å²) in [6.45, 7) is 3.50. The molecule has 0 aromatic carbocycles. The molecule has 8 nitrogen and oxygen atoms in total. The van der Waals surface area contributed by atoms with E-state index < -0.39 is 32.5 Å². The zero-order valence-electron chi connectivity index (χ0n) is 29.4. The number of phosphoric ester groups is 1. The summed E-state index contributed by atoms with van der Waals surface area (Å²) in [6, 6.07) is 0. The van der Waals surface area contributed by atoms with Gasteiger partial charge in [-0.05, 0) is 57.8 Å². The number of phosphoric acid groups is 1. The highest BCUT2D eigenvalue weighted by atomic mass is 31.2. The molecule has 0 saturated carbocycles. The second kappa shape index (κ2) is 33.6. The van der Waals surface area contributed by atoms with Crippen LogP contribution in [0.2, 0.25) is 0 Å². The second-order valence-corrected chi connectivity index (χ2v) is 13.1. The Kier molecular flexibility index (Phi) is 32.0. The van der Waals surface area contributed by atoms with E-state index in [2.05, 4.69) is 79.1 Å². The molecule has 0 fully saturated rings. The number of unbranched alkanes of at least 4 members (excludes halogenated alkanes) is 12. The van der Waals surface area contributed by atoms with Gasteiger partial charge in [0, 0.05) is 12.8 Å². The monoisotopic (exact) mass is 680 g/mol. The van der Waals surface area contributed by atoms with Crippen LogP contribution in [-0.4, -0.2) is 41.0 Å². The van der Waals surface area contributed by atoms with Gasteiger partial charge in [0.05, 0.1) is 6.61 Å². The SMILES string of the molecule is CC/C=C/C/C=C/C/C=C/C/C=C/C/C=C/CCCCCC(=O)O[C@H](COC(=O)CCCCCCCCCCCC)COP(=O)(O)O. The van der Waals surface area contributed by atoms with E-state index >= 15 is 0 Å². The lowest BCUT2D eigenvalue weighted by atomic mass is 10.1. The van der Waals surface area contributed by atoms with Gasteiger partial charge >= 0.3 is 19.8 Å². The Labute approximate surface area is 286 Å². The number of hydrogen-bond acceptors (Lipinski definition) is 6. The number of allylic oxidation sites excluding steroid dienone is 10. The van der Waals surface area contributed by atoms with E-state index in [4.69, 9.17) is 19.3 Å². The van der Waals surface area contributed by atoms with Gasteiger partial charge in [-0.25, -0.2) is 4.57 Å². The van der Waals surface area contributed by atoms with Crippen molar-refractivity contribution in [3.8, 4) is 0 Å². The van der Waals surface area contributed by atoms with Crippen molar-refractivity contribution >= 4 is 19.8 Å². The molecule has 270 valence electrons. The van der Waals surface area contributed by atoms with Crippen molar-refractivity contribution in [3.63, 3.8) is 0 Å². The summed E-state index contributed by atoms with van der Waals surface area (Å²) in [5.74, 6) is -0.929. The summed E-state index contributed by atoms with van der Waals surface area (Å²) in [6.07, 6.45) is 40.9. The van der Waals surface area contributed by atoms with Gasteiger partial charge in [-0.1, -0.05) is 139 Å². The number of ether oxygens (including phenoxy) is 2. The molecule has 0 rings (SSSR count). The minimum atomic E-state index is -4.76. The molecule has 1 atom stereocenters. The largest absolute Gasteiger partial charge is 0.469 e. The molecule has 0 aliphatic rings. The molecule has 0 unspecified atom stereocenters. The molecule has 0 heterocycles. The van der Waals surface area contributed by atoms with Crippen molar-refractivity contribution in [1.82, 2.24) is 0 Å². The van der Waals surface area contributed by atoms with Gasteiger partial charge in [0.1, 0.15) is 6.61 Å². The van der Waals surface area contributed by atoms with Crippen molar-refractivity contribution < 1.29 is 37.9 Å². The molecule has 0 aliphatic heterocycles. The molecule has 0 radical (unpaired) electrons. The maximum Gasteiger partial charge on any atom is 0.469 e. The Morgan fingerprint density at radius 1 is 0.574 bits per heavy atom. The predicted octanol–water partition coefficient (Wildman–Crippen LogP) is 10.6. The van der Waals surface area contributed by atoms with Crippen LogP contribution in [0.4, 0.5) is 0 Å². The first kappa shape index (κ1) is 44.8. The quantitative estimate of drug-likeness (QED) is 0.0312. The van der Waals surface area contributed by atoms with E-state index in [-0.39, 0.29) is 19.4 Å². The van der Waals surface area contributed by atoms with Gasteiger partial charge in [-0.15, -0.1) is 0 Å². The number of rotatable bonds is 32. The number of carbonyl (C=O) groups excluding carboxylic acids is 2. The lowest BCUT2D eigenvalue weighted by molar-refractivity contribution is -0.161. The first-order valence-corrected chi connectivity index (χ1v) is 19.6. The molecule has 0 aromatic rings. The summed E-state index contributed by atoms with van der Waals surface area (Å²) < 4.78 is 26.2. The molecule has 47 heavy (non-hydrogen) atoms. The van der Waals surface area contributed by atoms with E-state index in [9.17, 15) is 14.2 Å². The fourth-order valence-electron chi connectivity index (χ4n) is 4.63. The van der Waals surface area contributed by atoms with Crippen LogP contribution in [0.15, 0.2) is 60.8 Å². The third-order valence-corrected chi connectivity index (χ3v) is 7.79. The molecule has 0 amide bonds. The zero-order valence-corrected chi connectivity index (χ0v) is 30.3. The Bertz CT molecular complexity index is 947. The third kappa shape index (κ3) is 36.4. The Morgan fingerprint density at radius 3 is 1.53 bits per heavy atom. The Morgan fingerprint density at radius 2 is 1.02 bits per heavy atom. The van der Waals surface area contributed by atoms with Gasteiger partial charge in [-0.3, -0.25) is 14.1 Å². The first-order chi connectivity index (χ1) is 22.8. The molecular formula is C38H65O8P. The zero-order chi connectivity index (χ0) is 34.7. The van der Waals surface area contributed by atoms with Gasteiger partial charge < -0.3 is 19.3 Å². The van der Waals surface area contributed by atoms with Crippen LogP contribution in [0, 0.1) is 0 Å². The third-order valence-electron chi connectivity index (χ3n) is 7.30. The topological polar surface area (TPSA) is 119 Å². The number of carbonyl (C=O) groups is 2. The molecule has 0 aromatic heterocycles. The fourth-order valence-corrected chi connectivity index (χ4v) is 4.99. The average molecular weight is 681 g/mol. The second-order valence-electron chi connectivity index (χ2n) is 11.8. The summed E-state index contributed by atoms with van der Waals surface area (Å²) in [5, 5.41) is 0. The van der Waals surface area contributed by atoms with Crippen LogP contribution in [0.1, 0.15) is 149 Å². The van der Waals surface area contributed by atoms with Crippen molar-refractivity contribution in [3.05, 3.63) is 60.8 Å². The lowest BCUT2D eigenvalue weighted by Gasteiger charge is -2.18. The summed E-state index contributed by atoms with van der Waals surface area (Å²) in [5.41, 5.74) is 0. The van der Waals surface area contributed by atoms with Crippen molar-refractivity contribution in [1.29, 1.82) is 0 Å². The van der Waals surface area contributed by atoms with E-state index in [0.29, 0.717) is 6.42 Å². The molecule has 0 aliphatic carbocycles. The summed E-state index contributed by atoms with van der Waals surface area (Å²) in [4.78, 5) is 42.6. The number of hydrogen-bond donors (Lipinski definition) is 2. The molecule has 2 N–H and O–H groups in total. The van der Waals surface area contributed by atoms with Gasteiger partial charge in [0.2, 0.25) is 0 Å². The van der Waals surface area contributed by atoms with Crippen molar-refractivity contribution in [2.45, 2.75) is 155 Å². The maximum absolute atomic E-state index is 12.3. The molecule has 0 saturated heterocycles. The Hall–Kier alpha value is -2.25. The van der Waals surface area contributed by atoms with Crippen LogP contribution >= 0.6 is 7.82 Å². The highest BCUT2D eigenvalue weighted by Gasteiger charge is 2.22. The van der Waals surface area contributed by atoms with E-state index in [1.807, 2.05) is 0 Å². The standard InChI is InChI=1S/C38H65O8P/c1-3-5-7-9-11-13-15-16-17-18-19-20-21-22-23-25-27-29-31-33-38(40)46-36(35-45-47(41,42)43)34-44-37(39)32-30-28-26-24-14-12-10-8-6-4-2/h5,7,11,13,16-17,19-20,22-23,36H,3-4,6,8-10,12,14-15,18,21,24-35H2,1-2H3,(H2,41,42,43)/b7-5+,13-11+,17-16+,20-19+,23-22+/t36-/m1/s1. The minimum absolute atomic E-state index is 0.171. The van der Waals surface area contributed by atoms with E-state index in [0.717, 1.165) is 70.6 Å². The lowest BCUT2D eigenvalue weighted by Crippen LogP contribution is -2.29. The van der Waals surface area contributed by atoms with E-state index in [1.54, 1.807) is 0 Å². The average Bonchev–Trinajstić information content (AvgIpc) is 3.04.